The Labute approximate surface area is 422 Å². The molecule has 3 nitrogen and oxygen atoms in total. The van der Waals surface area contributed by atoms with E-state index in [0.29, 0.717) is 5.56 Å². The third-order valence-electron chi connectivity index (χ3n) is 12.9. The summed E-state index contributed by atoms with van der Waals surface area (Å²) in [4.78, 5) is 17.5. The molecular weight excluding hydrogens is 1080 g/mol. The fourth-order valence-corrected chi connectivity index (χ4v) is 9.45. The van der Waals surface area contributed by atoms with E-state index in [2.05, 4.69) is 66.7 Å². The van der Waals surface area contributed by atoms with Crippen LogP contribution in [0.1, 0.15) is 10.4 Å². The van der Waals surface area contributed by atoms with Gasteiger partial charge in [0.05, 0.1) is 6.20 Å². The molecule has 9 aromatic carbocycles. The summed E-state index contributed by atoms with van der Waals surface area (Å²) in [5.74, 6) is -71.3. The summed E-state index contributed by atoms with van der Waals surface area (Å²) in [6.07, 6.45) is -1.60. The van der Waals surface area contributed by atoms with Crippen molar-refractivity contribution in [2.24, 2.45) is 0 Å². The van der Waals surface area contributed by atoms with E-state index in [4.69, 9.17) is 4.98 Å². The monoisotopic (exact) mass is 1100 g/mol. The van der Waals surface area contributed by atoms with Crippen LogP contribution in [0.3, 0.4) is 0 Å². The summed E-state index contributed by atoms with van der Waals surface area (Å²) in [5.41, 5.74) is -11.7. The van der Waals surface area contributed by atoms with E-state index >= 15 is 35.1 Å². The Hall–Kier alpha value is -8.83. The van der Waals surface area contributed by atoms with Gasteiger partial charge in [-0.15, -0.1) is 21.9 Å². The number of benzene rings is 9. The minimum absolute atomic E-state index is 0.0755. The Balaban J connectivity index is 0.000000198. The second-order valence-electron chi connectivity index (χ2n) is 17.1. The van der Waals surface area contributed by atoms with Gasteiger partial charge in [-0.1, -0.05) is 78.9 Å². The largest absolute Gasteiger partial charge is 0.287 e. The van der Waals surface area contributed by atoms with Gasteiger partial charge in [0.2, 0.25) is 12.3 Å². The third-order valence-corrected chi connectivity index (χ3v) is 12.9. The van der Waals surface area contributed by atoms with Crippen molar-refractivity contribution < 1.29 is 97.2 Å². The zero-order chi connectivity index (χ0) is 56.6. The molecule has 0 unspecified atom stereocenters. The summed E-state index contributed by atoms with van der Waals surface area (Å²) in [6.45, 7) is 0.269. The van der Waals surface area contributed by atoms with Gasteiger partial charge in [0.25, 0.3) is 0 Å². The quantitative estimate of drug-likeness (QED) is 0.0289. The van der Waals surface area contributed by atoms with Crippen LogP contribution in [0, 0.1) is 116 Å². The van der Waals surface area contributed by atoms with Gasteiger partial charge in [0.1, 0.15) is 58.4 Å². The number of fused-ring (bicyclic) bond motifs is 3. The predicted molar refractivity (Wildman–Crippen MR) is 242 cm³/mol. The van der Waals surface area contributed by atoms with Crippen molar-refractivity contribution in [2.45, 2.75) is 6.54 Å². The molecule has 0 atom stereocenters. The molecule has 396 valence electrons. The first-order valence-electron chi connectivity index (χ1n) is 22.0. The van der Waals surface area contributed by atoms with E-state index < -0.39 is 144 Å². The number of aromatic nitrogens is 2. The van der Waals surface area contributed by atoms with Gasteiger partial charge in [0.15, 0.2) is 82.2 Å². The van der Waals surface area contributed by atoms with Crippen LogP contribution < -0.4 is 26.4 Å². The number of rotatable bonds is 8. The van der Waals surface area contributed by atoms with Gasteiger partial charge in [-0.05, 0) is 50.5 Å². The Morgan fingerprint density at radius 3 is 1.12 bits per heavy atom. The molecule has 0 amide bonds. The number of hydrogen-bond donors (Lipinski definition) is 0. The van der Waals surface area contributed by atoms with Crippen LogP contribution in [0.2, 0.25) is 0 Å². The molecule has 0 saturated carbocycles. The summed E-state index contributed by atoms with van der Waals surface area (Å²) in [5, 5.41) is 7.08. The normalized spacial score (nSPS) is 11.7. The molecular formula is C54H21BF20N2O. The molecule has 24 heteroatoms. The van der Waals surface area contributed by atoms with Crippen molar-refractivity contribution in [2.75, 3.05) is 0 Å². The van der Waals surface area contributed by atoms with Gasteiger partial charge < -0.3 is 0 Å². The Morgan fingerprint density at radius 2 is 0.705 bits per heavy atom. The van der Waals surface area contributed by atoms with E-state index in [1.54, 1.807) is 6.20 Å². The smallest absolute Gasteiger partial charge is 0.227 e. The van der Waals surface area contributed by atoms with Crippen molar-refractivity contribution in [3.8, 4) is 11.3 Å². The SMILES string of the molecule is Fc1c(F)c(F)c([B-](c2c(F)c(F)c(F)c(F)c2F)(c2c(F)c(F)c(F)c(F)c2F)c2c(F)c(F)c(F)c(F)c2F)c(F)c1F.O=C(C[n+]1ccnc(-c2c3ccccc3cc3cc4ccccc4cc23)c1)c1ccccc1. The van der Waals surface area contributed by atoms with E-state index in [1.165, 1.54) is 21.5 Å². The molecule has 10 rings (SSSR count). The molecule has 0 aliphatic carbocycles. The van der Waals surface area contributed by atoms with Crippen molar-refractivity contribution in [3.05, 3.63) is 238 Å². The van der Waals surface area contributed by atoms with Gasteiger partial charge in [-0.25, -0.2) is 92.8 Å². The molecule has 78 heavy (non-hydrogen) atoms. The maximum Gasteiger partial charge on any atom is 0.227 e. The standard InChI is InChI=1S/C30H21N2O.C24BF20/c33-29(21-8-2-1-3-9-21)20-32-15-14-31-28(19-32)30-26-13-7-6-12-24(26)17-25-16-22-10-4-5-11-23(22)18-27(25)30;26-5-1(6(27)14(35)21(42)13(5)34)25(2-7(28)15(36)22(43)16(37)8(2)29,3-9(30)17(38)23(44)18(39)10(3)31)4-11(32)19(40)24(45)20(41)12(4)33/h1-19H,20H2;/q+1;-1. The highest BCUT2D eigenvalue weighted by Gasteiger charge is 2.52. The zero-order valence-electron chi connectivity index (χ0n) is 38.1. The van der Waals surface area contributed by atoms with Crippen LogP contribution >= 0.6 is 0 Å². The average molecular weight is 1100 g/mol. The lowest BCUT2D eigenvalue weighted by Gasteiger charge is -2.44. The molecule has 0 aliphatic rings. The van der Waals surface area contributed by atoms with Gasteiger partial charge in [-0.3, -0.25) is 4.79 Å². The molecule has 0 radical (unpaired) electrons. The number of carbonyl (C=O) groups excluding carboxylic acids is 1. The fraction of sp³-hybridized carbons (Fsp3) is 0.0185. The molecule has 0 saturated heterocycles. The number of Topliss-reactive ketones (excluding diaryl/α,β-unsaturated/α-hetero) is 1. The van der Waals surface area contributed by atoms with Crippen molar-refractivity contribution in [1.29, 1.82) is 0 Å². The fourth-order valence-electron chi connectivity index (χ4n) is 9.45. The maximum absolute atomic E-state index is 15.4. The lowest BCUT2D eigenvalue weighted by Crippen LogP contribution is -2.81. The van der Waals surface area contributed by atoms with E-state index in [1.807, 2.05) is 47.3 Å². The van der Waals surface area contributed by atoms with Crippen LogP contribution in [0.5, 0.6) is 0 Å². The molecule has 1 aromatic heterocycles. The highest BCUT2D eigenvalue weighted by atomic mass is 19.2. The van der Waals surface area contributed by atoms with Gasteiger partial charge in [-0.2, -0.15) is 4.57 Å². The van der Waals surface area contributed by atoms with Crippen LogP contribution in [-0.2, 0) is 6.54 Å². The molecule has 0 N–H and O–H groups in total. The number of nitrogens with zero attached hydrogens (tertiary/aromatic N) is 2. The van der Waals surface area contributed by atoms with E-state index in [0.717, 1.165) is 22.0 Å². The average Bonchev–Trinajstić information content (AvgIpc) is 3.60. The van der Waals surface area contributed by atoms with Crippen LogP contribution in [0.15, 0.2) is 116 Å². The van der Waals surface area contributed by atoms with E-state index in [9.17, 15) is 57.5 Å². The minimum atomic E-state index is -7.22. The molecule has 10 aromatic rings. The summed E-state index contributed by atoms with van der Waals surface area (Å²) in [7, 11) is 0. The van der Waals surface area contributed by atoms with Crippen LogP contribution in [-0.4, -0.2) is 16.9 Å². The highest BCUT2D eigenvalue weighted by molar-refractivity contribution is 7.20. The lowest BCUT2D eigenvalue weighted by molar-refractivity contribution is -0.683. The van der Waals surface area contributed by atoms with Gasteiger partial charge >= 0.3 is 0 Å². The topological polar surface area (TPSA) is 33.8 Å². The summed E-state index contributed by atoms with van der Waals surface area (Å²) >= 11 is 0. The zero-order valence-corrected chi connectivity index (χ0v) is 38.1. The molecule has 0 fully saturated rings. The number of carbonyl (C=O) groups is 1. The van der Waals surface area contributed by atoms with E-state index in [-0.39, 0.29) is 12.3 Å². The van der Waals surface area contributed by atoms with Crippen molar-refractivity contribution in [1.82, 2.24) is 4.98 Å². The first-order valence-corrected chi connectivity index (χ1v) is 22.0. The number of ketones is 1. The second kappa shape index (κ2) is 20.3. The van der Waals surface area contributed by atoms with Crippen molar-refractivity contribution in [3.63, 3.8) is 0 Å². The highest BCUT2D eigenvalue weighted by Crippen LogP contribution is 2.38. The third kappa shape index (κ3) is 8.40. The Bertz CT molecular complexity index is 3770. The molecule has 0 spiro atoms. The molecule has 0 bridgehead atoms. The lowest BCUT2D eigenvalue weighted by atomic mass is 9.12. The number of hydrogen-bond acceptors (Lipinski definition) is 2. The molecule has 0 aliphatic heterocycles. The first-order chi connectivity index (χ1) is 37.0. The van der Waals surface area contributed by atoms with Crippen LogP contribution in [0.25, 0.3) is 43.6 Å². The molecule has 1 heterocycles. The van der Waals surface area contributed by atoms with Crippen LogP contribution in [0.4, 0.5) is 87.8 Å². The summed E-state index contributed by atoms with van der Waals surface area (Å²) in [6, 6.07) is 33.0. The summed E-state index contributed by atoms with van der Waals surface area (Å²) < 4.78 is 296. The second-order valence-corrected chi connectivity index (χ2v) is 17.1. The van der Waals surface area contributed by atoms with Crippen molar-refractivity contribution >= 4 is 66.1 Å². The Kier molecular flexibility index (Phi) is 14.0. The number of halogens is 20. The first kappa shape index (κ1) is 54.0. The predicted octanol–water partition coefficient (Wildman–Crippen LogP) is 12.2. The van der Waals surface area contributed by atoms with Gasteiger partial charge in [0, 0.05) is 11.1 Å². The maximum atomic E-state index is 15.4. The Morgan fingerprint density at radius 1 is 0.372 bits per heavy atom. The minimum Gasteiger partial charge on any atom is -0.287 e.